The van der Waals surface area contributed by atoms with E-state index in [4.69, 9.17) is 5.73 Å². The highest BCUT2D eigenvalue weighted by molar-refractivity contribution is 7.98. The van der Waals surface area contributed by atoms with Crippen LogP contribution in [0, 0.1) is 0 Å². The topological polar surface area (TPSA) is 51.8 Å². The van der Waals surface area contributed by atoms with Gasteiger partial charge in [-0.3, -0.25) is 4.98 Å². The van der Waals surface area contributed by atoms with Crippen LogP contribution < -0.4 is 5.73 Å². The lowest BCUT2D eigenvalue weighted by atomic mass is 10.5. The van der Waals surface area contributed by atoms with Crippen LogP contribution in [0.4, 0.5) is 5.13 Å². The number of nitrogens with two attached hydrogens (primary N) is 1. The molecule has 0 atom stereocenters. The van der Waals surface area contributed by atoms with E-state index in [1.165, 1.54) is 16.2 Å². The Morgan fingerprint density at radius 3 is 2.79 bits per heavy atom. The van der Waals surface area contributed by atoms with Gasteiger partial charge in [-0.2, -0.15) is 0 Å². The highest BCUT2D eigenvalue weighted by Crippen LogP contribution is 2.23. The quantitative estimate of drug-likeness (QED) is 0.812. The van der Waals surface area contributed by atoms with Crippen molar-refractivity contribution in [3.63, 3.8) is 0 Å². The van der Waals surface area contributed by atoms with E-state index in [9.17, 15) is 0 Å². The Morgan fingerprint density at radius 1 is 1.36 bits per heavy atom. The summed E-state index contributed by atoms with van der Waals surface area (Å²) in [4.78, 5) is 9.34. The van der Waals surface area contributed by atoms with E-state index >= 15 is 0 Å². The molecule has 14 heavy (non-hydrogen) atoms. The van der Waals surface area contributed by atoms with E-state index in [2.05, 4.69) is 9.97 Å². The smallest absolute Gasteiger partial charge is 0.180 e. The first-order chi connectivity index (χ1) is 6.84. The maximum atomic E-state index is 5.54. The second-order valence-electron chi connectivity index (χ2n) is 2.65. The fourth-order valence-corrected chi connectivity index (χ4v) is 2.43. The average Bonchev–Trinajstić information content (AvgIpc) is 2.63. The second kappa shape index (κ2) is 4.43. The van der Waals surface area contributed by atoms with Gasteiger partial charge in [-0.1, -0.05) is 0 Å². The first kappa shape index (κ1) is 9.48. The van der Waals surface area contributed by atoms with E-state index < -0.39 is 0 Å². The summed E-state index contributed by atoms with van der Waals surface area (Å²) in [6, 6.07) is 3.97. The van der Waals surface area contributed by atoms with E-state index in [1.807, 2.05) is 17.5 Å². The Labute approximate surface area is 90.4 Å². The van der Waals surface area contributed by atoms with E-state index in [-0.39, 0.29) is 0 Å². The first-order valence-electron chi connectivity index (χ1n) is 4.07. The number of thioether (sulfide) groups is 1. The third-order valence-corrected chi connectivity index (χ3v) is 3.37. The largest absolute Gasteiger partial charge is 0.375 e. The minimum Gasteiger partial charge on any atom is -0.375 e. The lowest BCUT2D eigenvalue weighted by Gasteiger charge is -1.97. The molecule has 0 aliphatic heterocycles. The molecule has 0 aliphatic rings. The fraction of sp³-hybridized carbons (Fsp3) is 0.111. The molecule has 0 fully saturated rings. The van der Waals surface area contributed by atoms with Crippen molar-refractivity contribution in [2.45, 2.75) is 10.6 Å². The maximum absolute atomic E-state index is 5.54. The third-order valence-electron chi connectivity index (χ3n) is 1.61. The molecule has 0 saturated carbocycles. The Kier molecular flexibility index (Phi) is 3.00. The number of hydrogen-bond acceptors (Lipinski definition) is 5. The highest BCUT2D eigenvalue weighted by Gasteiger charge is 1.99. The summed E-state index contributed by atoms with van der Waals surface area (Å²) in [5.74, 6) is 0.859. The van der Waals surface area contributed by atoms with Crippen molar-refractivity contribution in [2.75, 3.05) is 5.73 Å². The predicted octanol–water partition coefficient (Wildman–Crippen LogP) is 2.41. The van der Waals surface area contributed by atoms with Gasteiger partial charge in [0.2, 0.25) is 0 Å². The molecule has 0 bridgehead atoms. The number of nitrogen functional groups attached to an aromatic ring is 1. The summed E-state index contributed by atoms with van der Waals surface area (Å²) < 4.78 is 0. The van der Waals surface area contributed by atoms with Crippen LogP contribution in [0.15, 0.2) is 34.8 Å². The molecule has 0 aromatic carbocycles. The van der Waals surface area contributed by atoms with Gasteiger partial charge in [0, 0.05) is 28.4 Å². The number of pyridine rings is 1. The van der Waals surface area contributed by atoms with E-state index in [1.54, 1.807) is 24.2 Å². The van der Waals surface area contributed by atoms with Gasteiger partial charge < -0.3 is 5.73 Å². The van der Waals surface area contributed by atoms with Gasteiger partial charge in [0.25, 0.3) is 0 Å². The first-order valence-corrected chi connectivity index (χ1v) is 5.94. The van der Waals surface area contributed by atoms with Gasteiger partial charge in [0.1, 0.15) is 0 Å². The molecule has 0 spiro atoms. The van der Waals surface area contributed by atoms with Gasteiger partial charge in [0.15, 0.2) is 5.13 Å². The number of thiazole rings is 1. The van der Waals surface area contributed by atoms with E-state index in [0.29, 0.717) is 5.13 Å². The van der Waals surface area contributed by atoms with Crippen LogP contribution in [0.1, 0.15) is 5.69 Å². The van der Waals surface area contributed by atoms with Crippen molar-refractivity contribution in [1.82, 2.24) is 9.97 Å². The molecule has 2 heterocycles. The normalized spacial score (nSPS) is 10.3. The summed E-state index contributed by atoms with van der Waals surface area (Å²) >= 11 is 3.22. The molecule has 0 unspecified atom stereocenters. The SMILES string of the molecule is Nc1nc(CSc2ccncc2)cs1. The predicted molar refractivity (Wildman–Crippen MR) is 60.3 cm³/mol. The molecule has 0 saturated heterocycles. The lowest BCUT2D eigenvalue weighted by Crippen LogP contribution is -1.84. The molecule has 2 aromatic heterocycles. The molecule has 72 valence electrons. The zero-order chi connectivity index (χ0) is 9.80. The van der Waals surface area contributed by atoms with Crippen LogP contribution in [0.2, 0.25) is 0 Å². The molecule has 3 nitrogen and oxygen atoms in total. The molecule has 2 N–H and O–H groups in total. The second-order valence-corrected chi connectivity index (χ2v) is 4.59. The van der Waals surface area contributed by atoms with Crippen molar-refractivity contribution in [3.05, 3.63) is 35.6 Å². The molecule has 5 heteroatoms. The number of anilines is 1. The molecule has 0 amide bonds. The average molecular weight is 223 g/mol. The minimum atomic E-state index is 0.635. The van der Waals surface area contributed by atoms with Crippen molar-refractivity contribution in [1.29, 1.82) is 0 Å². The van der Waals surface area contributed by atoms with Crippen LogP contribution >= 0.6 is 23.1 Å². The summed E-state index contributed by atoms with van der Waals surface area (Å²) in [5.41, 5.74) is 6.57. The fourth-order valence-electron chi connectivity index (χ4n) is 0.981. The number of aromatic nitrogens is 2. The summed E-state index contributed by atoms with van der Waals surface area (Å²) in [6.45, 7) is 0. The Balaban J connectivity index is 1.95. The van der Waals surface area contributed by atoms with Crippen molar-refractivity contribution < 1.29 is 0 Å². The van der Waals surface area contributed by atoms with Crippen LogP contribution in [0.25, 0.3) is 0 Å². The van der Waals surface area contributed by atoms with E-state index in [0.717, 1.165) is 11.4 Å². The Morgan fingerprint density at radius 2 is 2.14 bits per heavy atom. The molecular formula is C9H9N3S2. The van der Waals surface area contributed by atoms with Crippen molar-refractivity contribution in [3.8, 4) is 0 Å². The summed E-state index contributed by atoms with van der Waals surface area (Å²) in [6.07, 6.45) is 3.58. The summed E-state index contributed by atoms with van der Waals surface area (Å²) in [5, 5.41) is 2.62. The van der Waals surface area contributed by atoms with Gasteiger partial charge in [0.05, 0.1) is 5.69 Å². The van der Waals surface area contributed by atoms with Gasteiger partial charge >= 0.3 is 0 Å². The molecule has 2 rings (SSSR count). The van der Waals surface area contributed by atoms with Gasteiger partial charge in [-0.15, -0.1) is 23.1 Å². The van der Waals surface area contributed by atoms with Gasteiger partial charge in [-0.05, 0) is 12.1 Å². The zero-order valence-electron chi connectivity index (χ0n) is 7.38. The van der Waals surface area contributed by atoms with Gasteiger partial charge in [-0.25, -0.2) is 4.98 Å². The molecule has 2 aromatic rings. The van der Waals surface area contributed by atoms with Crippen LogP contribution in [-0.4, -0.2) is 9.97 Å². The number of rotatable bonds is 3. The standard InChI is InChI=1S/C9H9N3S2/c10-9-12-7(6-14-9)5-13-8-1-3-11-4-2-8/h1-4,6H,5H2,(H2,10,12). The highest BCUT2D eigenvalue weighted by atomic mass is 32.2. The monoisotopic (exact) mass is 223 g/mol. The van der Waals surface area contributed by atoms with Crippen LogP contribution in [0.5, 0.6) is 0 Å². The van der Waals surface area contributed by atoms with Crippen LogP contribution in [-0.2, 0) is 5.75 Å². The molecule has 0 radical (unpaired) electrons. The Hall–Kier alpha value is -1.07. The molecule has 0 aliphatic carbocycles. The number of nitrogens with zero attached hydrogens (tertiary/aromatic N) is 2. The minimum absolute atomic E-state index is 0.635. The summed E-state index contributed by atoms with van der Waals surface area (Å²) in [7, 11) is 0. The zero-order valence-corrected chi connectivity index (χ0v) is 9.02. The number of hydrogen-bond donors (Lipinski definition) is 1. The lowest BCUT2D eigenvalue weighted by molar-refractivity contribution is 1.22. The van der Waals surface area contributed by atoms with Crippen LogP contribution in [0.3, 0.4) is 0 Å². The third kappa shape index (κ3) is 2.46. The van der Waals surface area contributed by atoms with Crippen molar-refractivity contribution in [2.24, 2.45) is 0 Å². The maximum Gasteiger partial charge on any atom is 0.180 e. The van der Waals surface area contributed by atoms with Crippen molar-refractivity contribution >= 4 is 28.2 Å². The molecular weight excluding hydrogens is 214 g/mol. The Bertz CT molecular complexity index is 399.